The van der Waals surface area contributed by atoms with Gasteiger partial charge in [-0.15, -0.1) is 0 Å². The Morgan fingerprint density at radius 3 is 2.38 bits per heavy atom. The second kappa shape index (κ2) is 9.81. The lowest BCUT2D eigenvalue weighted by Crippen LogP contribution is -2.44. The second-order valence-electron chi connectivity index (χ2n) is 8.75. The van der Waals surface area contributed by atoms with Crippen molar-refractivity contribution in [1.82, 2.24) is 24.5 Å². The number of amides is 2. The maximum atomic E-state index is 14.1. The number of imide groups is 1. The highest BCUT2D eigenvalue weighted by atomic mass is 35.5. The summed E-state index contributed by atoms with van der Waals surface area (Å²) < 4.78 is 98.5. The molecule has 0 N–H and O–H groups in total. The van der Waals surface area contributed by atoms with Crippen LogP contribution in [0.1, 0.15) is 35.8 Å². The third kappa shape index (κ3) is 4.85. The van der Waals surface area contributed by atoms with Gasteiger partial charge in [-0.2, -0.15) is 46.2 Å². The van der Waals surface area contributed by atoms with E-state index in [2.05, 4.69) is 14.9 Å². The number of hydrogen-bond donors (Lipinski definition) is 0. The van der Waals surface area contributed by atoms with Crippen LogP contribution in [0.4, 0.5) is 30.7 Å². The SMILES string of the molecule is CC(=O)N(C(=O)c1cc(-c2cnn(-c3c(OC(F)F)c(C(F)(F)C(F)(F)F)nn3C)c2)ccc1Cl)C1(C#N)CC1. The Morgan fingerprint density at radius 2 is 1.85 bits per heavy atom. The molecule has 40 heavy (non-hydrogen) atoms. The predicted molar refractivity (Wildman–Crippen MR) is 122 cm³/mol. The fourth-order valence-electron chi connectivity index (χ4n) is 4.00. The van der Waals surface area contributed by atoms with Crippen LogP contribution < -0.4 is 4.74 Å². The number of halogens is 8. The van der Waals surface area contributed by atoms with Gasteiger partial charge in [0.15, 0.2) is 17.3 Å². The third-order valence-corrected chi connectivity index (χ3v) is 6.37. The first-order valence-electron chi connectivity index (χ1n) is 11.1. The molecule has 0 radical (unpaired) electrons. The molecule has 0 spiro atoms. The molecule has 0 bridgehead atoms. The zero-order chi connectivity index (χ0) is 29.8. The molecule has 212 valence electrons. The predicted octanol–water partition coefficient (Wildman–Crippen LogP) is 5.23. The number of nitriles is 1. The summed E-state index contributed by atoms with van der Waals surface area (Å²) in [7, 11) is 0.920. The van der Waals surface area contributed by atoms with Crippen LogP contribution in [0.25, 0.3) is 16.9 Å². The number of nitrogens with zero attached hydrogens (tertiary/aromatic N) is 6. The zero-order valence-electron chi connectivity index (χ0n) is 20.3. The van der Waals surface area contributed by atoms with Crippen LogP contribution in [0.5, 0.6) is 5.75 Å². The van der Waals surface area contributed by atoms with Gasteiger partial charge in [-0.3, -0.25) is 14.5 Å². The van der Waals surface area contributed by atoms with E-state index < -0.39 is 53.3 Å². The average molecular weight is 593 g/mol. The van der Waals surface area contributed by atoms with Crippen molar-refractivity contribution in [3.05, 3.63) is 46.9 Å². The van der Waals surface area contributed by atoms with E-state index >= 15 is 0 Å². The Morgan fingerprint density at radius 1 is 1.20 bits per heavy atom. The highest BCUT2D eigenvalue weighted by molar-refractivity contribution is 6.34. The van der Waals surface area contributed by atoms with E-state index in [4.69, 9.17) is 11.6 Å². The topological polar surface area (TPSA) is 106 Å². The number of aryl methyl sites for hydroxylation is 1. The molecule has 0 saturated heterocycles. The fraction of sp³-hybridized carbons (Fsp3) is 0.348. The number of rotatable bonds is 7. The standard InChI is InChI=1S/C23H16ClF7N6O3/c1-11(38)37(21(10-32)5-6-21)19(39)14-7-12(3-4-15(14)24)13-8-33-36(9-13)18-16(40-20(25)26)17(34-35(18)2)22(27,28)23(29,30)31/h3-4,7-9,20H,5-6H2,1-2H3. The molecule has 0 unspecified atom stereocenters. The maximum Gasteiger partial charge on any atom is 0.459 e. The van der Waals surface area contributed by atoms with Crippen LogP contribution in [0.3, 0.4) is 0 Å². The summed E-state index contributed by atoms with van der Waals surface area (Å²) in [5, 5.41) is 16.3. The smallest absolute Gasteiger partial charge is 0.428 e. The Bertz CT molecular complexity index is 1540. The normalized spacial score (nSPS) is 14.7. The summed E-state index contributed by atoms with van der Waals surface area (Å²) in [5.41, 5.74) is -3.22. The van der Waals surface area contributed by atoms with Gasteiger partial charge in [0.05, 0.1) is 22.9 Å². The van der Waals surface area contributed by atoms with E-state index in [1.165, 1.54) is 18.2 Å². The van der Waals surface area contributed by atoms with Gasteiger partial charge in [-0.1, -0.05) is 17.7 Å². The molecule has 1 aromatic carbocycles. The van der Waals surface area contributed by atoms with Crippen molar-refractivity contribution in [3.63, 3.8) is 0 Å². The highest BCUT2D eigenvalue weighted by Crippen LogP contribution is 2.48. The monoisotopic (exact) mass is 592 g/mol. The molecule has 4 rings (SSSR count). The summed E-state index contributed by atoms with van der Waals surface area (Å²) >= 11 is 6.19. The quantitative estimate of drug-likeness (QED) is 0.348. The highest BCUT2D eigenvalue weighted by Gasteiger charge is 2.62. The number of carbonyl (C=O) groups is 2. The molecule has 1 aliphatic carbocycles. The van der Waals surface area contributed by atoms with Crippen molar-refractivity contribution >= 4 is 23.4 Å². The first-order chi connectivity index (χ1) is 18.5. The van der Waals surface area contributed by atoms with Crippen LogP contribution in [-0.2, 0) is 17.8 Å². The summed E-state index contributed by atoms with van der Waals surface area (Å²) in [6.45, 7) is -2.67. The minimum Gasteiger partial charge on any atom is -0.428 e. The van der Waals surface area contributed by atoms with Gasteiger partial charge >= 0.3 is 18.7 Å². The molecule has 1 aliphatic rings. The molecular weight excluding hydrogens is 577 g/mol. The van der Waals surface area contributed by atoms with Crippen LogP contribution in [0.15, 0.2) is 30.6 Å². The van der Waals surface area contributed by atoms with Gasteiger partial charge in [0.25, 0.3) is 5.91 Å². The fourth-order valence-corrected chi connectivity index (χ4v) is 4.20. The Balaban J connectivity index is 1.77. The molecule has 0 atom stereocenters. The lowest BCUT2D eigenvalue weighted by Gasteiger charge is -2.24. The van der Waals surface area contributed by atoms with Crippen molar-refractivity contribution in [2.45, 2.75) is 44.0 Å². The van der Waals surface area contributed by atoms with Crippen molar-refractivity contribution in [3.8, 4) is 28.8 Å². The molecule has 3 aromatic rings. The summed E-state index contributed by atoms with van der Waals surface area (Å²) in [4.78, 5) is 26.2. The number of aromatic nitrogens is 4. The van der Waals surface area contributed by atoms with Crippen molar-refractivity contribution in [2.24, 2.45) is 7.05 Å². The summed E-state index contributed by atoms with van der Waals surface area (Å²) in [6.07, 6.45) is -3.44. The number of alkyl halides is 7. The molecule has 0 aliphatic heterocycles. The molecule has 1 fully saturated rings. The maximum absolute atomic E-state index is 14.1. The number of hydrogen-bond acceptors (Lipinski definition) is 6. The van der Waals surface area contributed by atoms with Gasteiger partial charge < -0.3 is 4.74 Å². The van der Waals surface area contributed by atoms with E-state index in [0.29, 0.717) is 9.36 Å². The number of carbonyl (C=O) groups excluding carboxylic acids is 2. The van der Waals surface area contributed by atoms with E-state index in [0.717, 1.165) is 31.3 Å². The van der Waals surface area contributed by atoms with E-state index in [1.807, 2.05) is 6.07 Å². The van der Waals surface area contributed by atoms with Crippen molar-refractivity contribution < 1.29 is 45.1 Å². The van der Waals surface area contributed by atoms with Gasteiger partial charge in [-0.05, 0) is 30.5 Å². The van der Waals surface area contributed by atoms with Crippen LogP contribution >= 0.6 is 11.6 Å². The van der Waals surface area contributed by atoms with Crippen LogP contribution in [-0.4, -0.2) is 54.6 Å². The van der Waals surface area contributed by atoms with E-state index in [-0.39, 0.29) is 34.6 Å². The molecular formula is C23H16ClF7N6O3. The second-order valence-corrected chi connectivity index (χ2v) is 9.15. The lowest BCUT2D eigenvalue weighted by molar-refractivity contribution is -0.291. The van der Waals surface area contributed by atoms with Crippen molar-refractivity contribution in [1.29, 1.82) is 5.26 Å². The largest absolute Gasteiger partial charge is 0.459 e. The Kier molecular flexibility index (Phi) is 7.08. The molecule has 2 amide bonds. The summed E-state index contributed by atoms with van der Waals surface area (Å²) in [5.74, 6) is -9.51. The van der Waals surface area contributed by atoms with Gasteiger partial charge in [0, 0.05) is 25.7 Å². The molecule has 2 heterocycles. The molecule has 1 saturated carbocycles. The van der Waals surface area contributed by atoms with Crippen LogP contribution in [0.2, 0.25) is 5.02 Å². The van der Waals surface area contributed by atoms with E-state index in [9.17, 15) is 45.6 Å². The first kappa shape index (κ1) is 28.9. The summed E-state index contributed by atoms with van der Waals surface area (Å²) in [6, 6.07) is 5.89. The Hall–Kier alpha value is -4.13. The minimum atomic E-state index is -6.17. The van der Waals surface area contributed by atoms with E-state index in [1.54, 1.807) is 0 Å². The molecule has 9 nitrogen and oxygen atoms in total. The first-order valence-corrected chi connectivity index (χ1v) is 11.5. The minimum absolute atomic E-state index is 0.0700. The number of ether oxygens (including phenoxy) is 1. The molecule has 17 heteroatoms. The number of benzene rings is 1. The lowest BCUT2D eigenvalue weighted by atomic mass is 10.0. The van der Waals surface area contributed by atoms with Crippen molar-refractivity contribution in [2.75, 3.05) is 0 Å². The van der Waals surface area contributed by atoms with Gasteiger partial charge in [-0.25, -0.2) is 9.36 Å². The van der Waals surface area contributed by atoms with Gasteiger partial charge in [0.1, 0.15) is 5.54 Å². The zero-order valence-corrected chi connectivity index (χ0v) is 21.1. The van der Waals surface area contributed by atoms with Crippen LogP contribution in [0, 0.1) is 11.3 Å². The Labute approximate surface area is 225 Å². The molecule has 2 aromatic heterocycles. The third-order valence-electron chi connectivity index (χ3n) is 6.04. The average Bonchev–Trinajstić information content (AvgIpc) is 3.34. The van der Waals surface area contributed by atoms with Gasteiger partial charge in [0.2, 0.25) is 5.91 Å².